The minimum atomic E-state index is -3.51. The maximum atomic E-state index is 14.5. The Morgan fingerprint density at radius 3 is 2.03 bits per heavy atom. The molecular formula is C26H30F3OY-. The van der Waals surface area contributed by atoms with E-state index in [0.717, 1.165) is 42.2 Å². The van der Waals surface area contributed by atoms with Crippen LogP contribution in [0.25, 0.3) is 0 Å². The Morgan fingerprint density at radius 2 is 1.45 bits per heavy atom. The molecule has 2 aromatic rings. The molecule has 1 nitrogen and oxygen atoms in total. The van der Waals surface area contributed by atoms with Crippen molar-refractivity contribution in [2.24, 2.45) is 17.8 Å². The van der Waals surface area contributed by atoms with E-state index in [1.165, 1.54) is 62.8 Å². The fourth-order valence-corrected chi connectivity index (χ4v) is 5.32. The number of ether oxygens (including phenoxy) is 1. The van der Waals surface area contributed by atoms with E-state index in [2.05, 4.69) is 13.0 Å². The average molecular weight is 504 g/mol. The van der Waals surface area contributed by atoms with Crippen molar-refractivity contribution in [3.05, 3.63) is 65.5 Å². The number of halogens is 3. The van der Waals surface area contributed by atoms with Crippen LogP contribution in [0.2, 0.25) is 0 Å². The van der Waals surface area contributed by atoms with Crippen LogP contribution in [-0.4, -0.2) is 0 Å². The van der Waals surface area contributed by atoms with Gasteiger partial charge in [-0.05, 0) is 79.9 Å². The van der Waals surface area contributed by atoms with Crippen LogP contribution in [0.3, 0.4) is 0 Å². The first-order chi connectivity index (χ1) is 14.4. The van der Waals surface area contributed by atoms with Gasteiger partial charge in [0.1, 0.15) is 0 Å². The zero-order chi connectivity index (χ0) is 21.1. The van der Waals surface area contributed by atoms with Crippen LogP contribution in [0.1, 0.15) is 75.3 Å². The molecule has 0 saturated heterocycles. The second-order valence-electron chi connectivity index (χ2n) is 9.24. The van der Waals surface area contributed by atoms with Gasteiger partial charge in [0.25, 0.3) is 0 Å². The summed E-state index contributed by atoms with van der Waals surface area (Å²) in [5.41, 5.74) is 0.912. The van der Waals surface area contributed by atoms with Gasteiger partial charge in [-0.25, -0.2) is 4.39 Å². The Labute approximate surface area is 209 Å². The summed E-state index contributed by atoms with van der Waals surface area (Å²) in [6.45, 7) is 2.36. The summed E-state index contributed by atoms with van der Waals surface area (Å²) >= 11 is 0. The van der Waals surface area contributed by atoms with Crippen molar-refractivity contribution < 1.29 is 50.6 Å². The van der Waals surface area contributed by atoms with Gasteiger partial charge < -0.3 is 4.74 Å². The normalized spacial score (nSPS) is 26.7. The van der Waals surface area contributed by atoms with Gasteiger partial charge in [-0.15, -0.1) is 12.1 Å². The standard InChI is InChI=1S/C26H30F3O.Y/c1-18-5-7-19(8-6-18)20-9-11-21(12-10-20)22-13-15-23(16-14-22)26(28,29)30-25-4-2-3-24(27)17-25;/h2,4,13-21H,5-12H2,1H3;/q-1;. The van der Waals surface area contributed by atoms with Gasteiger partial charge in [-0.2, -0.15) is 14.8 Å². The van der Waals surface area contributed by atoms with Crippen molar-refractivity contribution in [2.45, 2.75) is 70.3 Å². The summed E-state index contributed by atoms with van der Waals surface area (Å²) in [6.07, 6.45) is 6.77. The van der Waals surface area contributed by atoms with Gasteiger partial charge in [-0.1, -0.05) is 38.0 Å². The fourth-order valence-electron chi connectivity index (χ4n) is 5.32. The van der Waals surface area contributed by atoms with Crippen LogP contribution in [0.5, 0.6) is 5.75 Å². The molecular weight excluding hydrogens is 474 g/mol. The third kappa shape index (κ3) is 6.35. The van der Waals surface area contributed by atoms with Crippen molar-refractivity contribution in [2.75, 3.05) is 0 Å². The van der Waals surface area contributed by atoms with Crippen molar-refractivity contribution in [1.82, 2.24) is 0 Å². The first-order valence-corrected chi connectivity index (χ1v) is 11.2. The summed E-state index contributed by atoms with van der Waals surface area (Å²) in [7, 11) is 0. The number of rotatable bonds is 5. The van der Waals surface area contributed by atoms with E-state index < -0.39 is 11.9 Å². The molecule has 1 radical (unpaired) electrons. The van der Waals surface area contributed by atoms with Crippen LogP contribution < -0.4 is 4.74 Å². The zero-order valence-electron chi connectivity index (χ0n) is 18.1. The van der Waals surface area contributed by atoms with Crippen molar-refractivity contribution >= 4 is 0 Å². The van der Waals surface area contributed by atoms with E-state index in [0.29, 0.717) is 5.92 Å². The monoisotopic (exact) mass is 504 g/mol. The van der Waals surface area contributed by atoms with Gasteiger partial charge in [-0.3, -0.25) is 0 Å². The van der Waals surface area contributed by atoms with E-state index in [1.54, 1.807) is 12.1 Å². The quantitative estimate of drug-likeness (QED) is 0.377. The van der Waals surface area contributed by atoms with Crippen LogP contribution in [-0.2, 0) is 38.8 Å². The van der Waals surface area contributed by atoms with E-state index in [-0.39, 0.29) is 44.0 Å². The van der Waals surface area contributed by atoms with Crippen LogP contribution >= 0.6 is 0 Å². The molecule has 31 heavy (non-hydrogen) atoms. The molecule has 0 aliphatic heterocycles. The second-order valence-corrected chi connectivity index (χ2v) is 9.24. The summed E-state index contributed by atoms with van der Waals surface area (Å²) in [5.74, 6) is 2.13. The Bertz CT molecular complexity index is 823. The van der Waals surface area contributed by atoms with Crippen LogP contribution in [0.15, 0.2) is 42.5 Å². The van der Waals surface area contributed by atoms with Gasteiger partial charge in [0.15, 0.2) is 0 Å². The molecule has 2 fully saturated rings. The molecule has 165 valence electrons. The topological polar surface area (TPSA) is 9.23 Å². The molecule has 0 spiro atoms. The van der Waals surface area contributed by atoms with E-state index in [4.69, 9.17) is 4.74 Å². The van der Waals surface area contributed by atoms with E-state index >= 15 is 0 Å². The molecule has 0 unspecified atom stereocenters. The molecule has 0 heterocycles. The Balaban J connectivity index is 0.00000272. The first-order valence-electron chi connectivity index (χ1n) is 11.2. The Hall–Kier alpha value is -0.866. The van der Waals surface area contributed by atoms with E-state index in [1.807, 2.05) is 0 Å². The van der Waals surface area contributed by atoms with Gasteiger partial charge in [0.05, 0.1) is 5.56 Å². The zero-order valence-corrected chi connectivity index (χ0v) is 21.0. The molecule has 5 heteroatoms. The fraction of sp³-hybridized carbons (Fsp3) is 0.538. The van der Waals surface area contributed by atoms with Gasteiger partial charge in [0, 0.05) is 44.3 Å². The minimum Gasteiger partial charge on any atom is -0.455 e. The molecule has 4 rings (SSSR count). The Kier molecular flexibility index (Phi) is 8.66. The summed E-state index contributed by atoms with van der Waals surface area (Å²) < 4.78 is 46.9. The van der Waals surface area contributed by atoms with Gasteiger partial charge in [0.2, 0.25) is 0 Å². The average Bonchev–Trinajstić information content (AvgIpc) is 2.74. The second kappa shape index (κ2) is 10.8. The van der Waals surface area contributed by atoms with Crippen LogP contribution in [0, 0.1) is 29.6 Å². The molecule has 2 saturated carbocycles. The third-order valence-electron chi connectivity index (χ3n) is 7.20. The molecule has 2 aliphatic carbocycles. The van der Waals surface area contributed by atoms with Crippen molar-refractivity contribution in [3.63, 3.8) is 0 Å². The largest absolute Gasteiger partial charge is 0.455 e. The summed E-state index contributed by atoms with van der Waals surface area (Å²) in [4.78, 5) is 0. The maximum Gasteiger partial charge on any atom is 0.424 e. The number of hydrogen-bond donors (Lipinski definition) is 0. The number of alkyl halides is 2. The predicted octanol–water partition coefficient (Wildman–Crippen LogP) is 7.85. The molecule has 2 aliphatic rings. The molecule has 2 aromatic carbocycles. The molecule has 0 bridgehead atoms. The van der Waals surface area contributed by atoms with Crippen molar-refractivity contribution in [1.29, 1.82) is 0 Å². The smallest absolute Gasteiger partial charge is 0.424 e. The number of benzene rings is 2. The Morgan fingerprint density at radius 1 is 0.871 bits per heavy atom. The SMILES string of the molecule is CC1CCC(C2CCC(c3ccc(C(F)(F)Oc4cc[c-]c(F)c4)cc3)CC2)CC1.[Y]. The summed E-state index contributed by atoms with van der Waals surface area (Å²) in [6, 6.07) is 12.2. The van der Waals surface area contributed by atoms with Crippen molar-refractivity contribution in [3.8, 4) is 5.75 Å². The predicted molar refractivity (Wildman–Crippen MR) is 112 cm³/mol. The van der Waals surface area contributed by atoms with E-state index in [9.17, 15) is 13.2 Å². The molecule has 0 amide bonds. The molecule has 0 aromatic heterocycles. The first kappa shape index (κ1) is 24.8. The minimum absolute atomic E-state index is 0. The van der Waals surface area contributed by atoms with Crippen LogP contribution in [0.4, 0.5) is 13.2 Å². The molecule has 0 N–H and O–H groups in total. The summed E-state index contributed by atoms with van der Waals surface area (Å²) in [5, 5.41) is 0. The number of hydrogen-bond acceptors (Lipinski definition) is 1. The van der Waals surface area contributed by atoms with Gasteiger partial charge >= 0.3 is 6.11 Å². The molecule has 0 atom stereocenters. The third-order valence-corrected chi connectivity index (χ3v) is 7.20. The maximum absolute atomic E-state index is 14.5.